The predicted molar refractivity (Wildman–Crippen MR) is 112 cm³/mol. The second-order valence-corrected chi connectivity index (χ2v) is 6.84. The molecule has 0 radical (unpaired) electrons. The number of aliphatic imine (C=N–C) groups is 1. The van der Waals surface area contributed by atoms with Gasteiger partial charge in [0.15, 0.2) is 5.96 Å². The highest BCUT2D eigenvalue weighted by Gasteiger charge is 2.21. The topological polar surface area (TPSA) is 87.2 Å². The molecule has 1 heterocycles. The molecule has 8 nitrogen and oxygen atoms in total. The average molecular weight is 427 g/mol. The Morgan fingerprint density at radius 2 is 2.07 bits per heavy atom. The smallest absolute Gasteiger partial charge is 0.387 e. The van der Waals surface area contributed by atoms with E-state index in [1.165, 1.54) is 0 Å². The van der Waals surface area contributed by atoms with Gasteiger partial charge in [-0.2, -0.15) is 8.78 Å². The molecule has 1 aliphatic heterocycles. The number of hydrogen-bond donors (Lipinski definition) is 3. The Morgan fingerprint density at radius 1 is 1.30 bits per heavy atom. The Hall–Kier alpha value is -2.62. The van der Waals surface area contributed by atoms with Crippen LogP contribution in [0.15, 0.2) is 29.3 Å². The van der Waals surface area contributed by atoms with Gasteiger partial charge in [-0.05, 0) is 44.0 Å². The first-order valence-corrected chi connectivity index (χ1v) is 10.1. The maximum absolute atomic E-state index is 12.3. The summed E-state index contributed by atoms with van der Waals surface area (Å²) in [6.07, 6.45) is 1.94. The Balaban J connectivity index is 1.90. The molecule has 3 N–H and O–H groups in total. The molecule has 168 valence electrons. The lowest BCUT2D eigenvalue weighted by atomic mass is 10.0. The third-order valence-electron chi connectivity index (χ3n) is 4.54. The standard InChI is InChI=1S/C20H31F2N5O3/c1-3-23-20(25-13-18(28)24-10-12-29-2)26-15-5-4-11-27(14-15)16-6-8-17(9-7-16)30-19(21)22/h6-9,15,19H,3-5,10-14H2,1-2H3,(H,24,28)(H2,23,25,26). The third kappa shape index (κ3) is 8.40. The number of methoxy groups -OCH3 is 1. The van der Waals surface area contributed by atoms with E-state index >= 15 is 0 Å². The molecule has 0 aromatic heterocycles. The minimum absolute atomic E-state index is 0.0289. The van der Waals surface area contributed by atoms with Crippen molar-refractivity contribution in [1.82, 2.24) is 16.0 Å². The number of amides is 1. The van der Waals surface area contributed by atoms with Crippen molar-refractivity contribution in [2.75, 3.05) is 51.3 Å². The van der Waals surface area contributed by atoms with E-state index in [4.69, 9.17) is 4.74 Å². The van der Waals surface area contributed by atoms with Crippen molar-refractivity contribution >= 4 is 17.6 Å². The minimum Gasteiger partial charge on any atom is -0.435 e. The zero-order chi connectivity index (χ0) is 21.8. The molecule has 0 spiro atoms. The zero-order valence-corrected chi connectivity index (χ0v) is 17.5. The van der Waals surface area contributed by atoms with E-state index in [1.54, 1.807) is 31.4 Å². The summed E-state index contributed by atoms with van der Waals surface area (Å²) in [5.74, 6) is 0.568. The molecule has 0 saturated carbocycles. The highest BCUT2D eigenvalue weighted by molar-refractivity contribution is 5.85. The van der Waals surface area contributed by atoms with E-state index in [9.17, 15) is 13.6 Å². The molecular weight excluding hydrogens is 396 g/mol. The van der Waals surface area contributed by atoms with Gasteiger partial charge in [-0.25, -0.2) is 4.99 Å². The van der Waals surface area contributed by atoms with Crippen molar-refractivity contribution in [2.24, 2.45) is 4.99 Å². The van der Waals surface area contributed by atoms with Gasteiger partial charge in [0, 0.05) is 45.0 Å². The molecule has 1 unspecified atom stereocenters. The van der Waals surface area contributed by atoms with Gasteiger partial charge in [-0.15, -0.1) is 0 Å². The Kier molecular flexibility index (Phi) is 10.1. The van der Waals surface area contributed by atoms with E-state index in [1.807, 2.05) is 6.92 Å². The lowest BCUT2D eigenvalue weighted by Crippen LogP contribution is -2.51. The number of nitrogens with one attached hydrogen (secondary N) is 3. The molecule has 0 bridgehead atoms. The number of ether oxygens (including phenoxy) is 2. The van der Waals surface area contributed by atoms with Crippen LogP contribution in [0.1, 0.15) is 19.8 Å². The second kappa shape index (κ2) is 12.8. The van der Waals surface area contributed by atoms with Crippen molar-refractivity contribution < 1.29 is 23.0 Å². The van der Waals surface area contributed by atoms with Crippen molar-refractivity contribution in [2.45, 2.75) is 32.4 Å². The highest BCUT2D eigenvalue weighted by atomic mass is 19.3. The molecule has 10 heteroatoms. The van der Waals surface area contributed by atoms with Crippen LogP contribution in [-0.4, -0.2) is 71.0 Å². The molecule has 1 aliphatic rings. The SMILES string of the molecule is CCNC(=NCC(=O)NCCOC)NC1CCCN(c2ccc(OC(F)F)cc2)C1. The van der Waals surface area contributed by atoms with Gasteiger partial charge in [0.2, 0.25) is 5.91 Å². The summed E-state index contributed by atoms with van der Waals surface area (Å²) < 4.78 is 33.9. The lowest BCUT2D eigenvalue weighted by Gasteiger charge is -2.35. The van der Waals surface area contributed by atoms with Crippen LogP contribution in [0.5, 0.6) is 5.75 Å². The first kappa shape index (κ1) is 23.7. The number of rotatable bonds is 10. The Morgan fingerprint density at radius 3 is 2.73 bits per heavy atom. The number of carbonyl (C=O) groups is 1. The fraction of sp³-hybridized carbons (Fsp3) is 0.600. The van der Waals surface area contributed by atoms with E-state index in [0.29, 0.717) is 25.7 Å². The summed E-state index contributed by atoms with van der Waals surface area (Å²) >= 11 is 0. The van der Waals surface area contributed by atoms with E-state index in [2.05, 4.69) is 30.6 Å². The van der Waals surface area contributed by atoms with Crippen LogP contribution in [0.4, 0.5) is 14.5 Å². The first-order valence-electron chi connectivity index (χ1n) is 10.1. The van der Waals surface area contributed by atoms with Gasteiger partial charge in [0.25, 0.3) is 0 Å². The molecule has 1 atom stereocenters. The van der Waals surface area contributed by atoms with Crippen molar-refractivity contribution in [3.63, 3.8) is 0 Å². The summed E-state index contributed by atoms with van der Waals surface area (Å²) in [5.41, 5.74) is 0.947. The molecule has 1 aromatic rings. The number of alkyl halides is 2. The summed E-state index contributed by atoms with van der Waals surface area (Å²) in [6, 6.07) is 6.80. The summed E-state index contributed by atoms with van der Waals surface area (Å²) in [7, 11) is 1.58. The van der Waals surface area contributed by atoms with Gasteiger partial charge >= 0.3 is 6.61 Å². The van der Waals surface area contributed by atoms with E-state index < -0.39 is 6.61 Å². The molecule has 30 heavy (non-hydrogen) atoms. The number of benzene rings is 1. The van der Waals surface area contributed by atoms with Crippen molar-refractivity contribution in [3.8, 4) is 5.75 Å². The monoisotopic (exact) mass is 427 g/mol. The van der Waals surface area contributed by atoms with Gasteiger partial charge in [0.05, 0.1) is 6.61 Å². The molecule has 1 aromatic carbocycles. The van der Waals surface area contributed by atoms with Crippen molar-refractivity contribution in [1.29, 1.82) is 0 Å². The summed E-state index contributed by atoms with van der Waals surface area (Å²) in [5, 5.41) is 9.28. The summed E-state index contributed by atoms with van der Waals surface area (Å²) in [6.45, 7) is 2.37. The maximum atomic E-state index is 12.3. The number of nitrogens with zero attached hydrogens (tertiary/aromatic N) is 2. The fourth-order valence-electron chi connectivity index (χ4n) is 3.18. The van der Waals surface area contributed by atoms with Gasteiger partial charge in [-0.1, -0.05) is 0 Å². The number of halogens is 2. The van der Waals surface area contributed by atoms with Gasteiger partial charge in [0.1, 0.15) is 12.3 Å². The molecule has 0 aliphatic carbocycles. The van der Waals surface area contributed by atoms with Crippen LogP contribution in [0.3, 0.4) is 0 Å². The minimum atomic E-state index is -2.83. The van der Waals surface area contributed by atoms with Gasteiger partial charge < -0.3 is 30.3 Å². The molecule has 1 saturated heterocycles. The van der Waals surface area contributed by atoms with Crippen LogP contribution in [0.2, 0.25) is 0 Å². The quantitative estimate of drug-likeness (QED) is 0.299. The van der Waals surface area contributed by atoms with E-state index in [-0.39, 0.29) is 24.2 Å². The Bertz CT molecular complexity index is 673. The second-order valence-electron chi connectivity index (χ2n) is 6.84. The molecule has 1 fully saturated rings. The summed E-state index contributed by atoms with van der Waals surface area (Å²) in [4.78, 5) is 18.4. The highest BCUT2D eigenvalue weighted by Crippen LogP contribution is 2.23. The molecular formula is C20H31F2N5O3. The third-order valence-corrected chi connectivity index (χ3v) is 4.54. The number of guanidine groups is 1. The number of anilines is 1. The average Bonchev–Trinajstić information content (AvgIpc) is 2.73. The lowest BCUT2D eigenvalue weighted by molar-refractivity contribution is -0.119. The Labute approximate surface area is 176 Å². The number of carbonyl (C=O) groups excluding carboxylic acids is 1. The number of hydrogen-bond acceptors (Lipinski definition) is 5. The maximum Gasteiger partial charge on any atom is 0.387 e. The molecule has 2 rings (SSSR count). The first-order chi connectivity index (χ1) is 14.5. The largest absolute Gasteiger partial charge is 0.435 e. The number of piperidine rings is 1. The normalized spacial score (nSPS) is 17.0. The molecule has 1 amide bonds. The van der Waals surface area contributed by atoms with Crippen LogP contribution in [0.25, 0.3) is 0 Å². The zero-order valence-electron chi connectivity index (χ0n) is 17.5. The van der Waals surface area contributed by atoms with Crippen LogP contribution >= 0.6 is 0 Å². The predicted octanol–water partition coefficient (Wildman–Crippen LogP) is 1.57. The van der Waals surface area contributed by atoms with E-state index in [0.717, 1.165) is 31.6 Å². The van der Waals surface area contributed by atoms with Crippen LogP contribution in [-0.2, 0) is 9.53 Å². The van der Waals surface area contributed by atoms with Crippen LogP contribution in [0, 0.1) is 0 Å². The van der Waals surface area contributed by atoms with Crippen molar-refractivity contribution in [3.05, 3.63) is 24.3 Å². The fourth-order valence-corrected chi connectivity index (χ4v) is 3.18. The van der Waals surface area contributed by atoms with Gasteiger partial charge in [-0.3, -0.25) is 4.79 Å². The van der Waals surface area contributed by atoms with Crippen LogP contribution < -0.4 is 25.6 Å².